The monoisotopic (exact) mass is 235 g/mol. The highest BCUT2D eigenvalue weighted by atomic mass is 16.5. The Balaban J connectivity index is 2.44. The first-order valence-electron chi connectivity index (χ1n) is 5.41. The highest BCUT2D eigenvalue weighted by Gasteiger charge is 2.05. The van der Waals surface area contributed by atoms with Crippen LogP contribution in [0.3, 0.4) is 0 Å². The number of esters is 1. The first-order chi connectivity index (χ1) is 8.26. The third-order valence-electron chi connectivity index (χ3n) is 2.30. The maximum Gasteiger partial charge on any atom is 0.331 e. The number of carbonyl (C=O) groups is 1. The normalized spacial score (nSPS) is 12.4. The average molecular weight is 235 g/mol. The molecule has 17 heavy (non-hydrogen) atoms. The number of aliphatic hydroxyl groups excluding tert-OH is 1. The minimum atomic E-state index is -0.422. The minimum Gasteiger partial charge on any atom is -0.466 e. The van der Waals surface area contributed by atoms with Gasteiger partial charge in [-0.2, -0.15) is 0 Å². The lowest BCUT2D eigenvalue weighted by Crippen LogP contribution is -2.30. The molecule has 2 N–H and O–H groups in total. The summed E-state index contributed by atoms with van der Waals surface area (Å²) in [6, 6.07) is 9.73. The molecule has 0 spiro atoms. The fourth-order valence-corrected chi connectivity index (χ4v) is 1.40. The standard InChI is InChI=1S/C13H17NO3/c1-17-13(16)7-8-14-12(10-15)9-11-5-3-2-4-6-11/h2-8,12,14-15H,9-10H2,1H3/b8-7+. The van der Waals surface area contributed by atoms with E-state index >= 15 is 0 Å². The molecule has 4 nitrogen and oxygen atoms in total. The Labute approximate surface area is 101 Å². The lowest BCUT2D eigenvalue weighted by atomic mass is 10.1. The molecule has 92 valence electrons. The van der Waals surface area contributed by atoms with Gasteiger partial charge in [0, 0.05) is 12.3 Å². The van der Waals surface area contributed by atoms with E-state index in [0.717, 1.165) is 5.56 Å². The number of rotatable bonds is 6. The summed E-state index contributed by atoms with van der Waals surface area (Å²) in [5.41, 5.74) is 1.13. The number of benzene rings is 1. The van der Waals surface area contributed by atoms with Crippen molar-refractivity contribution < 1.29 is 14.6 Å². The van der Waals surface area contributed by atoms with E-state index < -0.39 is 5.97 Å². The zero-order valence-corrected chi connectivity index (χ0v) is 9.80. The van der Waals surface area contributed by atoms with Gasteiger partial charge in [0.2, 0.25) is 0 Å². The van der Waals surface area contributed by atoms with Crippen LogP contribution < -0.4 is 5.32 Å². The number of carbonyl (C=O) groups excluding carboxylic acids is 1. The van der Waals surface area contributed by atoms with Gasteiger partial charge in [0.1, 0.15) is 0 Å². The first-order valence-corrected chi connectivity index (χ1v) is 5.41. The number of hydrogen-bond donors (Lipinski definition) is 2. The molecule has 1 aromatic carbocycles. The summed E-state index contributed by atoms with van der Waals surface area (Å²) in [5.74, 6) is -0.422. The molecule has 1 unspecified atom stereocenters. The van der Waals surface area contributed by atoms with Gasteiger partial charge in [-0.3, -0.25) is 0 Å². The SMILES string of the molecule is COC(=O)/C=C/NC(CO)Cc1ccccc1. The molecule has 0 heterocycles. The van der Waals surface area contributed by atoms with E-state index in [1.165, 1.54) is 19.4 Å². The Morgan fingerprint density at radius 3 is 2.76 bits per heavy atom. The second-order valence-corrected chi connectivity index (χ2v) is 3.59. The van der Waals surface area contributed by atoms with Crippen molar-refractivity contribution in [3.8, 4) is 0 Å². The van der Waals surface area contributed by atoms with Crippen molar-refractivity contribution in [1.82, 2.24) is 5.32 Å². The third-order valence-corrected chi connectivity index (χ3v) is 2.30. The van der Waals surface area contributed by atoms with Gasteiger partial charge in [0.05, 0.1) is 19.8 Å². The van der Waals surface area contributed by atoms with E-state index in [1.54, 1.807) is 0 Å². The van der Waals surface area contributed by atoms with E-state index in [-0.39, 0.29) is 12.6 Å². The molecule has 1 aromatic rings. The molecular weight excluding hydrogens is 218 g/mol. The lowest BCUT2D eigenvalue weighted by Gasteiger charge is -2.14. The van der Waals surface area contributed by atoms with Crippen LogP contribution in [-0.2, 0) is 16.0 Å². The molecular formula is C13H17NO3. The summed E-state index contributed by atoms with van der Waals surface area (Å²) in [6.45, 7) is 0.000404. The molecule has 1 rings (SSSR count). The van der Waals surface area contributed by atoms with Crippen LogP contribution in [0.15, 0.2) is 42.6 Å². The first kappa shape index (κ1) is 13.3. The molecule has 0 saturated carbocycles. The van der Waals surface area contributed by atoms with Gasteiger partial charge in [-0.25, -0.2) is 4.79 Å². The van der Waals surface area contributed by atoms with Crippen LogP contribution in [0.5, 0.6) is 0 Å². The van der Waals surface area contributed by atoms with Gasteiger partial charge >= 0.3 is 5.97 Å². The van der Waals surface area contributed by atoms with Crippen molar-refractivity contribution in [2.24, 2.45) is 0 Å². The molecule has 0 amide bonds. The van der Waals surface area contributed by atoms with Crippen LogP contribution >= 0.6 is 0 Å². The van der Waals surface area contributed by atoms with E-state index in [2.05, 4.69) is 10.1 Å². The van der Waals surface area contributed by atoms with Crippen LogP contribution in [0.4, 0.5) is 0 Å². The number of hydrogen-bond acceptors (Lipinski definition) is 4. The zero-order chi connectivity index (χ0) is 12.5. The highest BCUT2D eigenvalue weighted by Crippen LogP contribution is 2.02. The van der Waals surface area contributed by atoms with Crippen LogP contribution in [0.1, 0.15) is 5.56 Å². The molecule has 0 saturated heterocycles. The molecule has 0 fully saturated rings. The van der Waals surface area contributed by atoms with Gasteiger partial charge in [-0.15, -0.1) is 0 Å². The Morgan fingerprint density at radius 1 is 1.47 bits per heavy atom. The second-order valence-electron chi connectivity index (χ2n) is 3.59. The Hall–Kier alpha value is -1.81. The number of methoxy groups -OCH3 is 1. The number of nitrogens with one attached hydrogen (secondary N) is 1. The Bertz CT molecular complexity index is 362. The van der Waals surface area contributed by atoms with Crippen LogP contribution in [0.2, 0.25) is 0 Å². The molecule has 0 radical (unpaired) electrons. The summed E-state index contributed by atoms with van der Waals surface area (Å²) in [4.78, 5) is 10.8. The topological polar surface area (TPSA) is 58.6 Å². The van der Waals surface area contributed by atoms with Crippen molar-refractivity contribution in [2.45, 2.75) is 12.5 Å². The Morgan fingerprint density at radius 2 is 2.18 bits per heavy atom. The molecule has 4 heteroatoms. The largest absolute Gasteiger partial charge is 0.466 e. The molecule has 1 atom stereocenters. The predicted octanol–water partition coefficient (Wildman–Crippen LogP) is 0.866. The maximum absolute atomic E-state index is 10.8. The van der Waals surface area contributed by atoms with Gasteiger partial charge in [0.25, 0.3) is 0 Å². The molecule has 0 aliphatic heterocycles. The fraction of sp³-hybridized carbons (Fsp3) is 0.308. The third kappa shape index (κ3) is 5.17. The van der Waals surface area contributed by atoms with Crippen molar-refractivity contribution >= 4 is 5.97 Å². The summed E-state index contributed by atoms with van der Waals surface area (Å²) in [6.07, 6.45) is 3.48. The van der Waals surface area contributed by atoms with Crippen molar-refractivity contribution in [2.75, 3.05) is 13.7 Å². The summed E-state index contributed by atoms with van der Waals surface area (Å²) >= 11 is 0. The van der Waals surface area contributed by atoms with Crippen LogP contribution in [0.25, 0.3) is 0 Å². The van der Waals surface area contributed by atoms with Crippen LogP contribution in [0, 0.1) is 0 Å². The molecule has 0 aliphatic rings. The van der Waals surface area contributed by atoms with E-state index in [1.807, 2.05) is 30.3 Å². The molecule has 0 bridgehead atoms. The number of ether oxygens (including phenoxy) is 1. The molecule has 0 aromatic heterocycles. The summed E-state index contributed by atoms with van der Waals surface area (Å²) < 4.78 is 4.46. The van der Waals surface area contributed by atoms with Gasteiger partial charge in [-0.05, 0) is 12.0 Å². The van der Waals surface area contributed by atoms with Gasteiger partial charge < -0.3 is 15.2 Å². The van der Waals surface area contributed by atoms with E-state index in [9.17, 15) is 9.90 Å². The quantitative estimate of drug-likeness (QED) is 0.567. The second kappa shape index (κ2) is 7.46. The van der Waals surface area contributed by atoms with Gasteiger partial charge in [-0.1, -0.05) is 30.3 Å². The lowest BCUT2D eigenvalue weighted by molar-refractivity contribution is -0.134. The fourth-order valence-electron chi connectivity index (χ4n) is 1.40. The van der Waals surface area contributed by atoms with Crippen molar-refractivity contribution in [1.29, 1.82) is 0 Å². The van der Waals surface area contributed by atoms with Crippen molar-refractivity contribution in [3.05, 3.63) is 48.2 Å². The zero-order valence-electron chi connectivity index (χ0n) is 9.80. The maximum atomic E-state index is 10.8. The summed E-state index contributed by atoms with van der Waals surface area (Å²) in [5, 5.41) is 12.1. The summed E-state index contributed by atoms with van der Waals surface area (Å²) in [7, 11) is 1.32. The number of aliphatic hydroxyl groups is 1. The highest BCUT2D eigenvalue weighted by molar-refractivity contribution is 5.81. The average Bonchev–Trinajstić information content (AvgIpc) is 2.38. The van der Waals surface area contributed by atoms with E-state index in [4.69, 9.17) is 0 Å². The Kier molecular flexibility index (Phi) is 5.82. The molecule has 0 aliphatic carbocycles. The van der Waals surface area contributed by atoms with Gasteiger partial charge in [0.15, 0.2) is 0 Å². The predicted molar refractivity (Wildman–Crippen MR) is 65.3 cm³/mol. The smallest absolute Gasteiger partial charge is 0.331 e. The van der Waals surface area contributed by atoms with Crippen LogP contribution in [-0.4, -0.2) is 30.8 Å². The minimum absolute atomic E-state index is 0.000404. The van der Waals surface area contributed by atoms with Crippen molar-refractivity contribution in [3.63, 3.8) is 0 Å². The van der Waals surface area contributed by atoms with E-state index in [0.29, 0.717) is 6.42 Å².